The number of carbonyl (C=O) groups is 1. The van der Waals surface area contributed by atoms with Crippen LogP contribution in [-0.4, -0.2) is 29.9 Å². The molecule has 1 amide bonds. The molecular weight excluding hydrogens is 296 g/mol. The Morgan fingerprint density at radius 2 is 1.96 bits per heavy atom. The summed E-state index contributed by atoms with van der Waals surface area (Å²) in [4.78, 5) is 14.2. The van der Waals surface area contributed by atoms with Crippen LogP contribution >= 0.6 is 0 Å². The number of piperidine rings is 1. The highest BCUT2D eigenvalue weighted by Gasteiger charge is 2.29. The fourth-order valence-electron chi connectivity index (χ4n) is 3.61. The topological polar surface area (TPSA) is 32.3 Å². The van der Waals surface area contributed by atoms with Gasteiger partial charge in [-0.15, -0.1) is 0 Å². The van der Waals surface area contributed by atoms with Crippen LogP contribution in [0.4, 0.5) is 0 Å². The summed E-state index contributed by atoms with van der Waals surface area (Å²) in [5, 5.41) is 6.28. The fourth-order valence-corrected chi connectivity index (χ4v) is 3.61. The van der Waals surface area contributed by atoms with Gasteiger partial charge in [0, 0.05) is 31.6 Å². The van der Waals surface area contributed by atoms with Crippen LogP contribution in [-0.2, 0) is 11.3 Å². The molecule has 0 aromatic heterocycles. The molecule has 1 aliphatic heterocycles. The Morgan fingerprint density at radius 1 is 1.21 bits per heavy atom. The lowest BCUT2D eigenvalue weighted by Crippen LogP contribution is -2.50. The van der Waals surface area contributed by atoms with Gasteiger partial charge in [0.25, 0.3) is 0 Å². The van der Waals surface area contributed by atoms with Gasteiger partial charge in [-0.2, -0.15) is 0 Å². The first-order valence-electron chi connectivity index (χ1n) is 9.04. The normalized spacial score (nSPS) is 21.4. The van der Waals surface area contributed by atoms with Gasteiger partial charge in [0.05, 0.1) is 0 Å². The third-order valence-corrected chi connectivity index (χ3v) is 5.09. The summed E-state index contributed by atoms with van der Waals surface area (Å²) < 4.78 is 0. The molecule has 0 spiro atoms. The molecule has 2 aromatic rings. The largest absolute Gasteiger partial charge is 0.342 e. The van der Waals surface area contributed by atoms with E-state index in [2.05, 4.69) is 54.7 Å². The molecule has 2 unspecified atom stereocenters. The highest BCUT2D eigenvalue weighted by Crippen LogP contribution is 2.20. The number of rotatable bonds is 4. The van der Waals surface area contributed by atoms with E-state index in [1.165, 1.54) is 16.3 Å². The molecule has 1 heterocycles. The molecule has 1 fully saturated rings. The van der Waals surface area contributed by atoms with Crippen molar-refractivity contribution in [1.29, 1.82) is 0 Å². The van der Waals surface area contributed by atoms with Gasteiger partial charge in [0.15, 0.2) is 0 Å². The van der Waals surface area contributed by atoms with Gasteiger partial charge in [0.1, 0.15) is 0 Å². The van der Waals surface area contributed by atoms with Gasteiger partial charge in [-0.1, -0.05) is 57.2 Å². The highest BCUT2D eigenvalue weighted by atomic mass is 16.2. The van der Waals surface area contributed by atoms with E-state index in [1.807, 2.05) is 18.7 Å². The second kappa shape index (κ2) is 7.35. The van der Waals surface area contributed by atoms with Crippen LogP contribution in [0.25, 0.3) is 10.8 Å². The summed E-state index contributed by atoms with van der Waals surface area (Å²) in [7, 11) is 0. The van der Waals surface area contributed by atoms with E-state index in [0.717, 1.165) is 26.1 Å². The Bertz CT molecular complexity index is 710. The van der Waals surface area contributed by atoms with Crippen molar-refractivity contribution in [3.8, 4) is 0 Å². The van der Waals surface area contributed by atoms with Gasteiger partial charge < -0.3 is 10.2 Å². The van der Waals surface area contributed by atoms with Crippen molar-refractivity contribution >= 4 is 16.7 Å². The summed E-state index contributed by atoms with van der Waals surface area (Å²) >= 11 is 0. The minimum atomic E-state index is 0.0966. The van der Waals surface area contributed by atoms with E-state index < -0.39 is 0 Å². The minimum Gasteiger partial charge on any atom is -0.342 e. The molecule has 0 aliphatic carbocycles. The SMILES string of the molecule is CC(C)C(=O)N1CCC(NCc2ccc3ccccc3c2)C(C)C1. The second-order valence-electron chi connectivity index (χ2n) is 7.37. The summed E-state index contributed by atoms with van der Waals surface area (Å²) in [6, 6.07) is 15.6. The first-order chi connectivity index (χ1) is 11.5. The number of benzene rings is 2. The number of nitrogens with zero attached hydrogens (tertiary/aromatic N) is 1. The maximum Gasteiger partial charge on any atom is 0.225 e. The van der Waals surface area contributed by atoms with Gasteiger partial charge in [-0.05, 0) is 34.7 Å². The quantitative estimate of drug-likeness (QED) is 0.927. The number of carbonyl (C=O) groups excluding carboxylic acids is 1. The first kappa shape index (κ1) is 17.0. The van der Waals surface area contributed by atoms with Crippen molar-refractivity contribution < 1.29 is 4.79 Å². The van der Waals surface area contributed by atoms with Crippen molar-refractivity contribution in [2.75, 3.05) is 13.1 Å². The molecule has 0 saturated carbocycles. The lowest BCUT2D eigenvalue weighted by molar-refractivity contribution is -0.136. The fraction of sp³-hybridized carbons (Fsp3) is 0.476. The zero-order valence-electron chi connectivity index (χ0n) is 15.0. The van der Waals surface area contributed by atoms with Crippen LogP contribution in [0.1, 0.15) is 32.8 Å². The molecule has 3 heteroatoms. The Balaban J connectivity index is 1.57. The number of amides is 1. The van der Waals surface area contributed by atoms with E-state index in [1.54, 1.807) is 0 Å². The number of hydrogen-bond donors (Lipinski definition) is 1. The standard InChI is InChI=1S/C21H28N2O/c1-15(2)21(24)23-11-10-20(16(3)14-23)22-13-17-8-9-18-6-4-5-7-19(18)12-17/h4-9,12,15-16,20,22H,10-11,13-14H2,1-3H3. The lowest BCUT2D eigenvalue weighted by Gasteiger charge is -2.38. The average Bonchev–Trinajstić information content (AvgIpc) is 2.59. The van der Waals surface area contributed by atoms with E-state index in [0.29, 0.717) is 12.0 Å². The Morgan fingerprint density at radius 3 is 2.67 bits per heavy atom. The van der Waals surface area contributed by atoms with Gasteiger partial charge in [0.2, 0.25) is 5.91 Å². The van der Waals surface area contributed by atoms with E-state index in [9.17, 15) is 4.79 Å². The highest BCUT2D eigenvalue weighted by molar-refractivity contribution is 5.83. The monoisotopic (exact) mass is 324 g/mol. The molecule has 3 nitrogen and oxygen atoms in total. The molecule has 1 aliphatic rings. The molecule has 0 radical (unpaired) electrons. The Hall–Kier alpha value is -1.87. The number of fused-ring (bicyclic) bond motifs is 1. The lowest BCUT2D eigenvalue weighted by atomic mass is 9.92. The molecule has 24 heavy (non-hydrogen) atoms. The third kappa shape index (κ3) is 3.78. The van der Waals surface area contributed by atoms with E-state index in [-0.39, 0.29) is 11.8 Å². The number of hydrogen-bond acceptors (Lipinski definition) is 2. The van der Waals surface area contributed by atoms with E-state index >= 15 is 0 Å². The number of likely N-dealkylation sites (tertiary alicyclic amines) is 1. The smallest absolute Gasteiger partial charge is 0.225 e. The van der Waals surface area contributed by atoms with Crippen molar-refractivity contribution in [2.45, 2.75) is 39.8 Å². The van der Waals surface area contributed by atoms with Crippen molar-refractivity contribution in [3.63, 3.8) is 0 Å². The van der Waals surface area contributed by atoms with Crippen molar-refractivity contribution in [3.05, 3.63) is 48.0 Å². The van der Waals surface area contributed by atoms with Crippen molar-refractivity contribution in [2.24, 2.45) is 11.8 Å². The summed E-state index contributed by atoms with van der Waals surface area (Å²) in [6.07, 6.45) is 1.03. The van der Waals surface area contributed by atoms with Crippen LogP contribution in [0.3, 0.4) is 0 Å². The molecule has 1 N–H and O–H groups in total. The predicted molar refractivity (Wildman–Crippen MR) is 99.8 cm³/mol. The maximum absolute atomic E-state index is 12.2. The van der Waals surface area contributed by atoms with Crippen LogP contribution in [0.2, 0.25) is 0 Å². The third-order valence-electron chi connectivity index (χ3n) is 5.09. The average molecular weight is 324 g/mol. The molecule has 1 saturated heterocycles. The molecule has 2 aromatic carbocycles. The zero-order valence-corrected chi connectivity index (χ0v) is 15.0. The number of nitrogens with one attached hydrogen (secondary N) is 1. The predicted octanol–water partition coefficient (Wildman–Crippen LogP) is 3.82. The Labute approximate surface area is 145 Å². The minimum absolute atomic E-state index is 0.0966. The van der Waals surface area contributed by atoms with Crippen molar-refractivity contribution in [1.82, 2.24) is 10.2 Å². The molecular formula is C21H28N2O. The van der Waals surface area contributed by atoms with Gasteiger partial charge in [-0.3, -0.25) is 4.79 Å². The first-order valence-corrected chi connectivity index (χ1v) is 9.04. The zero-order chi connectivity index (χ0) is 17.1. The van der Waals surface area contributed by atoms with Crippen LogP contribution in [0.15, 0.2) is 42.5 Å². The van der Waals surface area contributed by atoms with Gasteiger partial charge in [-0.25, -0.2) is 0 Å². The summed E-state index contributed by atoms with van der Waals surface area (Å²) in [5.41, 5.74) is 1.32. The van der Waals surface area contributed by atoms with Gasteiger partial charge >= 0.3 is 0 Å². The molecule has 3 rings (SSSR count). The van der Waals surface area contributed by atoms with Crippen LogP contribution in [0.5, 0.6) is 0 Å². The summed E-state index contributed by atoms with van der Waals surface area (Å²) in [5.74, 6) is 0.871. The molecule has 0 bridgehead atoms. The second-order valence-corrected chi connectivity index (χ2v) is 7.37. The maximum atomic E-state index is 12.2. The van der Waals surface area contributed by atoms with Crippen LogP contribution in [0, 0.1) is 11.8 Å². The molecule has 2 atom stereocenters. The molecule has 128 valence electrons. The van der Waals surface area contributed by atoms with Crippen LogP contribution < -0.4 is 5.32 Å². The Kier molecular flexibility index (Phi) is 5.20. The van der Waals surface area contributed by atoms with E-state index in [4.69, 9.17) is 0 Å². The summed E-state index contributed by atoms with van der Waals surface area (Å²) in [6.45, 7) is 8.84.